The van der Waals surface area contributed by atoms with Gasteiger partial charge < -0.3 is 10.6 Å². The number of hydrogen-bond donors (Lipinski definition) is 2. The van der Waals surface area contributed by atoms with E-state index in [-0.39, 0.29) is 30.3 Å². The molecule has 2 amide bonds. The van der Waals surface area contributed by atoms with Crippen LogP contribution < -0.4 is 10.6 Å². The zero-order valence-electron chi connectivity index (χ0n) is 16.5. The molecule has 0 aliphatic carbocycles. The highest BCUT2D eigenvalue weighted by Crippen LogP contribution is 2.35. The number of carbonyl (C=O) groups is 2. The van der Waals surface area contributed by atoms with Gasteiger partial charge in [0.2, 0.25) is 5.91 Å². The van der Waals surface area contributed by atoms with Gasteiger partial charge in [0.1, 0.15) is 0 Å². The Balaban J connectivity index is 1.55. The highest BCUT2D eigenvalue weighted by Gasteiger charge is 2.38. The number of rotatable bonds is 6. The SMILES string of the molecule is Cc1c(Cl)c(C(F)(F)F)nn1CCC(=O)Nc1ccc(NC(=O)c2ccn(C)n2)cc1. The Morgan fingerprint density at radius 3 is 2.19 bits per heavy atom. The van der Waals surface area contributed by atoms with Crippen molar-refractivity contribution in [3.05, 3.63) is 58.6 Å². The molecule has 0 radical (unpaired) electrons. The van der Waals surface area contributed by atoms with E-state index in [2.05, 4.69) is 20.8 Å². The van der Waals surface area contributed by atoms with Crippen LogP contribution >= 0.6 is 11.6 Å². The van der Waals surface area contributed by atoms with E-state index >= 15 is 0 Å². The van der Waals surface area contributed by atoms with Gasteiger partial charge in [-0.1, -0.05) is 11.6 Å². The molecule has 0 saturated heterocycles. The molecular formula is C19H18ClF3N6O2. The molecule has 3 aromatic rings. The molecule has 0 saturated carbocycles. The average Bonchev–Trinajstić information content (AvgIpc) is 3.26. The molecule has 12 heteroatoms. The van der Waals surface area contributed by atoms with Gasteiger partial charge in [0.25, 0.3) is 5.91 Å². The fourth-order valence-corrected chi connectivity index (χ4v) is 2.96. The maximum atomic E-state index is 12.9. The molecule has 0 spiro atoms. The summed E-state index contributed by atoms with van der Waals surface area (Å²) in [6, 6.07) is 7.95. The minimum absolute atomic E-state index is 0.0638. The van der Waals surface area contributed by atoms with Crippen molar-refractivity contribution in [3.63, 3.8) is 0 Å². The molecule has 164 valence electrons. The highest BCUT2D eigenvalue weighted by molar-refractivity contribution is 6.31. The predicted molar refractivity (Wildman–Crippen MR) is 108 cm³/mol. The third-order valence-corrected chi connectivity index (χ3v) is 4.78. The lowest BCUT2D eigenvalue weighted by atomic mass is 10.2. The minimum Gasteiger partial charge on any atom is -0.326 e. The van der Waals surface area contributed by atoms with E-state index in [0.29, 0.717) is 11.4 Å². The molecule has 0 atom stereocenters. The third-order valence-electron chi connectivity index (χ3n) is 4.33. The summed E-state index contributed by atoms with van der Waals surface area (Å²) in [5, 5.41) is 12.3. The van der Waals surface area contributed by atoms with Crippen molar-refractivity contribution < 1.29 is 22.8 Å². The monoisotopic (exact) mass is 454 g/mol. The van der Waals surface area contributed by atoms with Crippen LogP contribution in [0.1, 0.15) is 28.3 Å². The van der Waals surface area contributed by atoms with Crippen LogP contribution in [-0.4, -0.2) is 31.4 Å². The number of benzene rings is 1. The highest BCUT2D eigenvalue weighted by atomic mass is 35.5. The molecule has 0 aliphatic heterocycles. The number of aryl methyl sites for hydroxylation is 2. The van der Waals surface area contributed by atoms with Crippen molar-refractivity contribution in [3.8, 4) is 0 Å². The molecule has 2 N–H and O–H groups in total. The lowest BCUT2D eigenvalue weighted by Crippen LogP contribution is -2.16. The number of carbonyl (C=O) groups excluding carboxylic acids is 2. The van der Waals surface area contributed by atoms with Crippen LogP contribution in [0.25, 0.3) is 0 Å². The fourth-order valence-electron chi connectivity index (χ4n) is 2.72. The van der Waals surface area contributed by atoms with Crippen LogP contribution in [0.15, 0.2) is 36.5 Å². The van der Waals surface area contributed by atoms with E-state index in [9.17, 15) is 22.8 Å². The standard InChI is InChI=1S/C19H18ClF3N6O2/c1-11-16(20)17(19(21,22)23)27-29(11)10-8-15(30)24-12-3-5-13(6-4-12)25-18(31)14-7-9-28(2)26-14/h3-7,9H,8,10H2,1-2H3,(H,24,30)(H,25,31). The molecule has 2 aromatic heterocycles. The number of nitrogens with zero attached hydrogens (tertiary/aromatic N) is 4. The van der Waals surface area contributed by atoms with E-state index in [0.717, 1.165) is 4.68 Å². The van der Waals surface area contributed by atoms with Gasteiger partial charge in [-0.05, 0) is 37.3 Å². The van der Waals surface area contributed by atoms with Crippen LogP contribution in [0.5, 0.6) is 0 Å². The van der Waals surface area contributed by atoms with Crippen LogP contribution in [0, 0.1) is 6.92 Å². The number of alkyl halides is 3. The van der Waals surface area contributed by atoms with Gasteiger partial charge in [-0.25, -0.2) is 0 Å². The van der Waals surface area contributed by atoms with Crippen LogP contribution in [-0.2, 0) is 24.6 Å². The number of hydrogen-bond acceptors (Lipinski definition) is 4. The molecule has 8 nitrogen and oxygen atoms in total. The lowest BCUT2D eigenvalue weighted by molar-refractivity contribution is -0.141. The van der Waals surface area contributed by atoms with Gasteiger partial charge in [0.05, 0.1) is 17.3 Å². The summed E-state index contributed by atoms with van der Waals surface area (Å²) in [4.78, 5) is 24.2. The largest absolute Gasteiger partial charge is 0.436 e. The van der Waals surface area contributed by atoms with Crippen molar-refractivity contribution in [1.29, 1.82) is 0 Å². The number of aromatic nitrogens is 4. The van der Waals surface area contributed by atoms with E-state index in [1.54, 1.807) is 43.6 Å². The quantitative estimate of drug-likeness (QED) is 0.591. The Bertz CT molecular complexity index is 1110. The van der Waals surface area contributed by atoms with Crippen molar-refractivity contribution in [2.24, 2.45) is 7.05 Å². The van der Waals surface area contributed by atoms with Gasteiger partial charge in [-0.3, -0.25) is 19.0 Å². The second-order valence-corrected chi connectivity index (χ2v) is 7.05. The maximum Gasteiger partial charge on any atom is 0.436 e. The van der Waals surface area contributed by atoms with Crippen molar-refractivity contribution in [2.45, 2.75) is 26.1 Å². The molecular weight excluding hydrogens is 437 g/mol. The fraction of sp³-hybridized carbons (Fsp3) is 0.263. The predicted octanol–water partition coefficient (Wildman–Crippen LogP) is 3.88. The summed E-state index contributed by atoms with van der Waals surface area (Å²) in [7, 11) is 1.70. The number of halogens is 4. The van der Waals surface area contributed by atoms with Crippen molar-refractivity contribution >= 4 is 34.8 Å². The van der Waals surface area contributed by atoms with Crippen molar-refractivity contribution in [2.75, 3.05) is 10.6 Å². The molecule has 31 heavy (non-hydrogen) atoms. The number of anilines is 2. The Hall–Kier alpha value is -3.34. The molecule has 1 aromatic carbocycles. The molecule has 2 heterocycles. The van der Waals surface area contributed by atoms with Gasteiger partial charge in [-0.2, -0.15) is 23.4 Å². The van der Waals surface area contributed by atoms with Gasteiger partial charge in [-0.15, -0.1) is 0 Å². The Morgan fingerprint density at radius 2 is 1.68 bits per heavy atom. The first-order chi connectivity index (χ1) is 14.5. The van der Waals surface area contributed by atoms with Crippen LogP contribution in [0.2, 0.25) is 5.02 Å². The van der Waals surface area contributed by atoms with Gasteiger partial charge in [0, 0.05) is 31.0 Å². The zero-order chi connectivity index (χ0) is 22.8. The minimum atomic E-state index is -4.66. The lowest BCUT2D eigenvalue weighted by Gasteiger charge is -2.08. The second-order valence-electron chi connectivity index (χ2n) is 6.67. The Morgan fingerprint density at radius 1 is 1.06 bits per heavy atom. The van der Waals surface area contributed by atoms with E-state index < -0.39 is 22.8 Å². The molecule has 0 bridgehead atoms. The summed E-state index contributed by atoms with van der Waals surface area (Å²) < 4.78 is 41.2. The molecule has 0 unspecified atom stereocenters. The summed E-state index contributed by atoms with van der Waals surface area (Å²) >= 11 is 5.70. The Labute approximate surface area is 180 Å². The normalized spacial score (nSPS) is 11.4. The first kappa shape index (κ1) is 22.3. The topological polar surface area (TPSA) is 93.8 Å². The van der Waals surface area contributed by atoms with E-state index in [4.69, 9.17) is 11.6 Å². The molecule has 3 rings (SSSR count). The first-order valence-electron chi connectivity index (χ1n) is 9.05. The van der Waals surface area contributed by atoms with E-state index in [1.807, 2.05) is 0 Å². The summed E-state index contributed by atoms with van der Waals surface area (Å²) in [5.74, 6) is -0.784. The summed E-state index contributed by atoms with van der Waals surface area (Å²) in [6.45, 7) is 1.34. The summed E-state index contributed by atoms with van der Waals surface area (Å²) in [5.41, 5.74) is 0.204. The van der Waals surface area contributed by atoms with E-state index in [1.165, 1.54) is 11.6 Å². The smallest absolute Gasteiger partial charge is 0.326 e. The molecule has 0 fully saturated rings. The zero-order valence-corrected chi connectivity index (χ0v) is 17.3. The Kier molecular flexibility index (Phi) is 6.34. The number of nitrogens with one attached hydrogen (secondary N) is 2. The first-order valence-corrected chi connectivity index (χ1v) is 9.43. The average molecular weight is 455 g/mol. The van der Waals surface area contributed by atoms with Gasteiger partial charge in [0.15, 0.2) is 11.4 Å². The number of amides is 2. The molecule has 0 aliphatic rings. The second kappa shape index (κ2) is 8.80. The van der Waals surface area contributed by atoms with Crippen molar-refractivity contribution in [1.82, 2.24) is 19.6 Å². The van der Waals surface area contributed by atoms with Crippen LogP contribution in [0.3, 0.4) is 0 Å². The third kappa shape index (κ3) is 5.43. The summed E-state index contributed by atoms with van der Waals surface area (Å²) in [6.07, 6.45) is -3.12. The maximum absolute atomic E-state index is 12.9. The van der Waals surface area contributed by atoms with Crippen LogP contribution in [0.4, 0.5) is 24.5 Å². The van der Waals surface area contributed by atoms with Gasteiger partial charge >= 0.3 is 6.18 Å².